The lowest BCUT2D eigenvalue weighted by Gasteiger charge is -2.46. The molecule has 2 aliphatic carbocycles. The molecular weight excluding hydrogens is 366 g/mol. The molecule has 3 aliphatic rings. The van der Waals surface area contributed by atoms with Gasteiger partial charge in [0.15, 0.2) is 19.7 Å². The molecule has 1 saturated carbocycles. The molecule has 2 aromatic carbocycles. The van der Waals surface area contributed by atoms with Crippen molar-refractivity contribution in [1.29, 1.82) is 5.26 Å². The van der Waals surface area contributed by atoms with Crippen LogP contribution in [0.4, 0.5) is 0 Å². The van der Waals surface area contributed by atoms with Crippen LogP contribution < -0.4 is 0 Å². The van der Waals surface area contributed by atoms with E-state index >= 15 is 0 Å². The van der Waals surface area contributed by atoms with Gasteiger partial charge in [-0.2, -0.15) is 5.26 Å². The minimum absolute atomic E-state index is 0.152. The molecule has 5 heteroatoms. The summed E-state index contributed by atoms with van der Waals surface area (Å²) in [4.78, 5) is 0. The Bertz CT molecular complexity index is 970. The number of hydrogen-bond acceptors (Lipinski definition) is 4. The van der Waals surface area contributed by atoms with E-state index < -0.39 is 19.7 Å². The molecule has 1 heterocycles. The van der Waals surface area contributed by atoms with Crippen LogP contribution in [0.5, 0.6) is 0 Å². The maximum absolute atomic E-state index is 10.5. The van der Waals surface area contributed by atoms with E-state index in [0.29, 0.717) is 25.6 Å². The molecule has 0 bridgehead atoms. The van der Waals surface area contributed by atoms with E-state index in [0.717, 1.165) is 23.8 Å². The first kappa shape index (κ1) is 18.3. The van der Waals surface area contributed by atoms with Crippen molar-refractivity contribution in [1.82, 2.24) is 0 Å². The van der Waals surface area contributed by atoms with Crippen molar-refractivity contribution in [2.75, 3.05) is 13.2 Å². The molecule has 1 spiro atoms. The zero-order valence-corrected chi connectivity index (χ0v) is 17.8. The Balaban J connectivity index is 1.77. The van der Waals surface area contributed by atoms with Crippen LogP contribution >= 0.6 is 0 Å². The van der Waals surface area contributed by atoms with E-state index in [-0.39, 0.29) is 5.92 Å². The smallest absolute Gasteiger partial charge is 0.186 e. The van der Waals surface area contributed by atoms with Crippen LogP contribution in [0.2, 0.25) is 19.6 Å². The largest absolute Gasteiger partial charge is 0.396 e. The zero-order valence-electron chi connectivity index (χ0n) is 16.8. The number of fused-ring (bicyclic) bond motifs is 6. The zero-order chi connectivity index (χ0) is 19.6. The summed E-state index contributed by atoms with van der Waals surface area (Å²) in [6.45, 7) is 7.77. The predicted octanol–water partition coefficient (Wildman–Crippen LogP) is 5.05. The first-order valence-electron chi connectivity index (χ1n) is 10.3. The fourth-order valence-corrected chi connectivity index (χ4v) is 7.02. The number of benzene rings is 2. The van der Waals surface area contributed by atoms with E-state index in [9.17, 15) is 5.26 Å². The van der Waals surface area contributed by atoms with Crippen LogP contribution in [0.3, 0.4) is 0 Å². The third-order valence-corrected chi connectivity index (χ3v) is 7.52. The lowest BCUT2D eigenvalue weighted by atomic mass is 9.67. The van der Waals surface area contributed by atoms with Gasteiger partial charge in [0.25, 0.3) is 0 Å². The van der Waals surface area contributed by atoms with Gasteiger partial charge in [-0.1, -0.05) is 36.4 Å². The van der Waals surface area contributed by atoms with Crippen LogP contribution in [0, 0.1) is 17.2 Å². The van der Waals surface area contributed by atoms with Crippen LogP contribution in [-0.2, 0) is 19.5 Å². The van der Waals surface area contributed by atoms with E-state index in [4.69, 9.17) is 13.9 Å². The fraction of sp³-hybridized carbons (Fsp3) is 0.522. The summed E-state index contributed by atoms with van der Waals surface area (Å²) in [6.07, 6.45) is 2.56. The first-order valence-corrected chi connectivity index (χ1v) is 13.7. The molecule has 3 atom stereocenters. The lowest BCUT2D eigenvalue weighted by Crippen LogP contribution is -2.49. The summed E-state index contributed by atoms with van der Waals surface area (Å²) in [5.74, 6) is -0.0390. The second-order valence-corrected chi connectivity index (χ2v) is 13.8. The topological polar surface area (TPSA) is 51.5 Å². The monoisotopic (exact) mass is 393 g/mol. The maximum Gasteiger partial charge on any atom is 0.186 e. The Morgan fingerprint density at radius 3 is 2.57 bits per heavy atom. The van der Waals surface area contributed by atoms with Gasteiger partial charge in [-0.05, 0) is 48.3 Å². The molecule has 2 fully saturated rings. The van der Waals surface area contributed by atoms with Crippen molar-refractivity contribution in [2.45, 2.75) is 56.2 Å². The lowest BCUT2D eigenvalue weighted by molar-refractivity contribution is -0.193. The molecule has 3 unspecified atom stereocenters. The number of nitriles is 1. The van der Waals surface area contributed by atoms with E-state index in [1.54, 1.807) is 0 Å². The minimum atomic E-state index is -1.99. The first-order chi connectivity index (χ1) is 13.4. The quantitative estimate of drug-likeness (QED) is 0.670. The van der Waals surface area contributed by atoms with Gasteiger partial charge < -0.3 is 13.9 Å². The van der Waals surface area contributed by atoms with Crippen molar-refractivity contribution >= 4 is 19.1 Å². The molecule has 0 radical (unpaired) electrons. The van der Waals surface area contributed by atoms with Gasteiger partial charge in [-0.25, -0.2) is 0 Å². The fourth-order valence-electron chi connectivity index (χ4n) is 5.75. The van der Waals surface area contributed by atoms with Crippen LogP contribution in [0.15, 0.2) is 36.4 Å². The normalized spacial score (nSPS) is 30.9. The molecule has 0 aromatic heterocycles. The van der Waals surface area contributed by atoms with Gasteiger partial charge in [0.05, 0.1) is 13.2 Å². The van der Waals surface area contributed by atoms with Gasteiger partial charge in [0.1, 0.15) is 6.07 Å². The number of hydrogen-bond donors (Lipinski definition) is 0. The molecule has 1 aliphatic heterocycles. The molecule has 1 saturated heterocycles. The second kappa shape index (κ2) is 6.14. The van der Waals surface area contributed by atoms with E-state index in [1.807, 2.05) is 0 Å². The third kappa shape index (κ3) is 2.59. The SMILES string of the molecule is C[Si](C)(C)OC1(C#N)CC2C(CCC23OCCO3)c2ccc3ccccc3c21. The highest BCUT2D eigenvalue weighted by Gasteiger charge is 2.60. The summed E-state index contributed by atoms with van der Waals surface area (Å²) in [7, 11) is -1.99. The van der Waals surface area contributed by atoms with Crippen molar-refractivity contribution < 1.29 is 13.9 Å². The average Bonchev–Trinajstić information content (AvgIpc) is 3.28. The molecule has 0 N–H and O–H groups in total. The Morgan fingerprint density at radius 1 is 1.11 bits per heavy atom. The highest BCUT2D eigenvalue weighted by atomic mass is 28.4. The third-order valence-electron chi connectivity index (χ3n) is 6.56. The van der Waals surface area contributed by atoms with Crippen molar-refractivity contribution in [3.05, 3.63) is 47.5 Å². The maximum atomic E-state index is 10.5. The number of ether oxygens (including phenoxy) is 2. The number of rotatable bonds is 2. The minimum Gasteiger partial charge on any atom is -0.396 e. The van der Waals surface area contributed by atoms with Crippen molar-refractivity contribution in [2.24, 2.45) is 5.92 Å². The van der Waals surface area contributed by atoms with Crippen LogP contribution in [0.25, 0.3) is 10.8 Å². The standard InChI is InChI=1S/C23H27NO3Si/c1-28(2,3)27-22(15-24)14-20-18(10-11-23(20)25-12-13-26-23)19-9-8-16-6-4-5-7-17(16)21(19)22/h4-9,18,20H,10-14H2,1-3H3. The number of nitrogens with zero attached hydrogens (tertiary/aromatic N) is 1. The molecule has 28 heavy (non-hydrogen) atoms. The summed E-state index contributed by atoms with van der Waals surface area (Å²) < 4.78 is 19.1. The Morgan fingerprint density at radius 2 is 1.86 bits per heavy atom. The Labute approximate surface area is 167 Å². The molecule has 0 amide bonds. The Kier molecular flexibility index (Phi) is 4.02. The molecule has 146 valence electrons. The van der Waals surface area contributed by atoms with Crippen molar-refractivity contribution in [3.8, 4) is 6.07 Å². The van der Waals surface area contributed by atoms with Gasteiger partial charge >= 0.3 is 0 Å². The van der Waals surface area contributed by atoms with Crippen LogP contribution in [0.1, 0.15) is 36.3 Å². The van der Waals surface area contributed by atoms with E-state index in [1.165, 1.54) is 10.9 Å². The molecule has 4 nitrogen and oxygen atoms in total. The summed E-state index contributed by atoms with van der Waals surface area (Å²) in [6, 6.07) is 15.4. The summed E-state index contributed by atoms with van der Waals surface area (Å²) >= 11 is 0. The van der Waals surface area contributed by atoms with E-state index in [2.05, 4.69) is 62.1 Å². The summed E-state index contributed by atoms with van der Waals surface area (Å²) in [5.41, 5.74) is 1.40. The van der Waals surface area contributed by atoms with Crippen molar-refractivity contribution in [3.63, 3.8) is 0 Å². The van der Waals surface area contributed by atoms with Gasteiger partial charge in [-0.15, -0.1) is 0 Å². The molecule has 2 aromatic rings. The molecular formula is C23H27NO3Si. The Hall–Kier alpha value is -1.71. The molecule has 5 rings (SSSR count). The summed E-state index contributed by atoms with van der Waals surface area (Å²) in [5, 5.41) is 12.8. The average molecular weight is 394 g/mol. The van der Waals surface area contributed by atoms with Gasteiger partial charge in [0, 0.05) is 24.3 Å². The second-order valence-electron chi connectivity index (χ2n) is 9.37. The highest BCUT2D eigenvalue weighted by Crippen LogP contribution is 2.60. The predicted molar refractivity (Wildman–Crippen MR) is 110 cm³/mol. The highest BCUT2D eigenvalue weighted by molar-refractivity contribution is 6.69. The van der Waals surface area contributed by atoms with Gasteiger partial charge in [0.2, 0.25) is 0 Å². The van der Waals surface area contributed by atoms with Crippen LogP contribution in [-0.4, -0.2) is 27.3 Å². The van der Waals surface area contributed by atoms with Gasteiger partial charge in [-0.3, -0.25) is 0 Å².